The molecule has 2 aromatic heterocycles. The molecular formula is C17H22N4O4S. The Balaban J connectivity index is 2.26. The minimum atomic E-state index is -0.531. The first-order valence-corrected chi connectivity index (χ1v) is 9.45. The predicted molar refractivity (Wildman–Crippen MR) is 98.6 cm³/mol. The predicted octanol–water partition coefficient (Wildman–Crippen LogP) is 1.34. The Kier molecular flexibility index (Phi) is 5.17. The van der Waals surface area contributed by atoms with Crippen molar-refractivity contribution in [2.24, 2.45) is 14.1 Å². The van der Waals surface area contributed by atoms with E-state index in [1.807, 2.05) is 0 Å². The molecular weight excluding hydrogens is 356 g/mol. The lowest BCUT2D eigenvalue weighted by Crippen LogP contribution is -2.38. The number of thioether (sulfide) groups is 1. The minimum Gasteiger partial charge on any atom is -0.468 e. The van der Waals surface area contributed by atoms with Crippen molar-refractivity contribution >= 4 is 28.8 Å². The zero-order chi connectivity index (χ0) is 19.0. The van der Waals surface area contributed by atoms with Gasteiger partial charge in [-0.25, -0.2) is 14.8 Å². The number of hydrogen-bond donors (Lipinski definition) is 0. The average molecular weight is 378 g/mol. The molecule has 0 N–H and O–H groups in total. The maximum atomic E-state index is 12.7. The third-order valence-electron chi connectivity index (χ3n) is 4.83. The van der Waals surface area contributed by atoms with E-state index >= 15 is 0 Å². The lowest BCUT2D eigenvalue weighted by Gasteiger charge is -2.15. The maximum absolute atomic E-state index is 12.7. The van der Waals surface area contributed by atoms with Crippen LogP contribution in [0.4, 0.5) is 0 Å². The summed E-state index contributed by atoms with van der Waals surface area (Å²) in [5, 5.41) is 0.152. The lowest BCUT2D eigenvalue weighted by atomic mass is 10.1. The van der Waals surface area contributed by atoms with Crippen molar-refractivity contribution in [1.82, 2.24) is 19.1 Å². The molecule has 0 radical (unpaired) electrons. The number of carbonyl (C=O) groups excluding carboxylic acids is 1. The van der Waals surface area contributed by atoms with Crippen LogP contribution < -0.4 is 11.2 Å². The number of nitrogens with zero attached hydrogens (tertiary/aromatic N) is 4. The Morgan fingerprint density at radius 3 is 2.46 bits per heavy atom. The lowest BCUT2D eigenvalue weighted by molar-refractivity contribution is -0.139. The highest BCUT2D eigenvalue weighted by Crippen LogP contribution is 2.35. The van der Waals surface area contributed by atoms with Crippen LogP contribution in [-0.2, 0) is 23.6 Å². The number of ether oxygens (including phenoxy) is 1. The van der Waals surface area contributed by atoms with E-state index in [9.17, 15) is 14.4 Å². The number of rotatable bonds is 4. The fourth-order valence-electron chi connectivity index (χ4n) is 3.28. The van der Waals surface area contributed by atoms with Crippen molar-refractivity contribution in [3.05, 3.63) is 26.7 Å². The standard InChI is InChI=1S/C17H22N4O4S/c1-9(16(23)25-4)26-14-11-13(20(2)17(24)21(3)15(11)22)18-12(19-14)10-7-5-6-8-10/h9-10H,5-8H2,1-4H3/t9-/m1/s1. The van der Waals surface area contributed by atoms with E-state index in [4.69, 9.17) is 4.74 Å². The highest BCUT2D eigenvalue weighted by atomic mass is 32.2. The average Bonchev–Trinajstić information content (AvgIpc) is 3.18. The van der Waals surface area contributed by atoms with Crippen molar-refractivity contribution in [2.45, 2.75) is 48.8 Å². The summed E-state index contributed by atoms with van der Waals surface area (Å²) in [6.45, 7) is 1.70. The molecule has 1 fully saturated rings. The first-order valence-electron chi connectivity index (χ1n) is 8.57. The van der Waals surface area contributed by atoms with Gasteiger partial charge in [-0.15, -0.1) is 0 Å². The topological polar surface area (TPSA) is 96.1 Å². The van der Waals surface area contributed by atoms with Gasteiger partial charge < -0.3 is 4.74 Å². The first kappa shape index (κ1) is 18.6. The number of fused-ring (bicyclic) bond motifs is 1. The van der Waals surface area contributed by atoms with Crippen molar-refractivity contribution < 1.29 is 9.53 Å². The molecule has 140 valence electrons. The van der Waals surface area contributed by atoms with Gasteiger partial charge in [-0.05, 0) is 19.8 Å². The monoisotopic (exact) mass is 378 g/mol. The summed E-state index contributed by atoms with van der Waals surface area (Å²) < 4.78 is 7.18. The molecule has 0 aliphatic heterocycles. The van der Waals surface area contributed by atoms with Crippen LogP contribution in [0.5, 0.6) is 0 Å². The first-order chi connectivity index (χ1) is 12.3. The molecule has 0 aromatic carbocycles. The highest BCUT2D eigenvalue weighted by molar-refractivity contribution is 8.00. The Labute approximate surface area is 154 Å². The molecule has 8 nitrogen and oxygen atoms in total. The Bertz CT molecular complexity index is 975. The van der Waals surface area contributed by atoms with Gasteiger partial charge in [0.15, 0.2) is 5.65 Å². The van der Waals surface area contributed by atoms with E-state index in [2.05, 4.69) is 9.97 Å². The van der Waals surface area contributed by atoms with Gasteiger partial charge in [-0.3, -0.25) is 18.7 Å². The number of carbonyl (C=O) groups is 1. The van der Waals surface area contributed by atoms with E-state index in [0.29, 0.717) is 16.5 Å². The van der Waals surface area contributed by atoms with E-state index in [-0.39, 0.29) is 11.3 Å². The summed E-state index contributed by atoms with van der Waals surface area (Å²) in [6.07, 6.45) is 4.20. The maximum Gasteiger partial charge on any atom is 0.332 e. The molecule has 3 rings (SSSR count). The van der Waals surface area contributed by atoms with E-state index in [1.165, 1.54) is 18.7 Å². The summed E-state index contributed by atoms with van der Waals surface area (Å²) >= 11 is 1.16. The van der Waals surface area contributed by atoms with Crippen molar-refractivity contribution in [1.29, 1.82) is 0 Å². The number of hydrogen-bond acceptors (Lipinski definition) is 7. The third-order valence-corrected chi connectivity index (χ3v) is 5.89. The Morgan fingerprint density at radius 2 is 1.85 bits per heavy atom. The van der Waals surface area contributed by atoms with Crippen LogP contribution in [0.15, 0.2) is 14.6 Å². The van der Waals surface area contributed by atoms with E-state index < -0.39 is 22.5 Å². The number of esters is 1. The summed E-state index contributed by atoms with van der Waals surface area (Å²) in [5.41, 5.74) is -0.578. The summed E-state index contributed by atoms with van der Waals surface area (Å²) in [7, 11) is 4.34. The zero-order valence-corrected chi connectivity index (χ0v) is 16.1. The second-order valence-corrected chi connectivity index (χ2v) is 7.89. The largest absolute Gasteiger partial charge is 0.468 e. The minimum absolute atomic E-state index is 0.214. The molecule has 0 bridgehead atoms. The van der Waals surface area contributed by atoms with Gasteiger partial charge in [0.2, 0.25) is 0 Å². The van der Waals surface area contributed by atoms with Crippen LogP contribution in [0.1, 0.15) is 44.3 Å². The van der Waals surface area contributed by atoms with Gasteiger partial charge in [0, 0.05) is 20.0 Å². The highest BCUT2D eigenvalue weighted by Gasteiger charge is 2.26. The van der Waals surface area contributed by atoms with Crippen LogP contribution in [0.3, 0.4) is 0 Å². The van der Waals surface area contributed by atoms with Gasteiger partial charge in [0.1, 0.15) is 21.5 Å². The molecule has 1 aliphatic rings. The molecule has 0 saturated heterocycles. The SMILES string of the molecule is COC(=O)[C@@H](C)Sc1nc(C2CCCC2)nc2c1c(=O)n(C)c(=O)n2C. The Hall–Kier alpha value is -2.16. The molecule has 26 heavy (non-hydrogen) atoms. The molecule has 9 heteroatoms. The normalized spacial score (nSPS) is 16.2. The van der Waals surface area contributed by atoms with Crippen LogP contribution in [0, 0.1) is 0 Å². The van der Waals surface area contributed by atoms with Crippen molar-refractivity contribution in [3.63, 3.8) is 0 Å². The van der Waals surface area contributed by atoms with Crippen molar-refractivity contribution in [2.75, 3.05) is 7.11 Å². The third kappa shape index (κ3) is 3.15. The molecule has 2 heterocycles. The molecule has 0 amide bonds. The van der Waals surface area contributed by atoms with Gasteiger partial charge >= 0.3 is 11.7 Å². The summed E-state index contributed by atoms with van der Waals surface area (Å²) in [4.78, 5) is 46.1. The van der Waals surface area contributed by atoms with Gasteiger partial charge in [0.05, 0.1) is 7.11 Å². The van der Waals surface area contributed by atoms with Crippen LogP contribution in [-0.4, -0.2) is 37.4 Å². The number of aromatic nitrogens is 4. The van der Waals surface area contributed by atoms with Crippen LogP contribution >= 0.6 is 11.8 Å². The Morgan fingerprint density at radius 1 is 1.19 bits per heavy atom. The smallest absolute Gasteiger partial charge is 0.332 e. The number of aryl methyl sites for hydroxylation is 1. The summed E-state index contributed by atoms with van der Waals surface area (Å²) in [6, 6.07) is 0. The summed E-state index contributed by atoms with van der Waals surface area (Å²) in [5.74, 6) is 0.454. The second kappa shape index (κ2) is 7.22. The van der Waals surface area contributed by atoms with Gasteiger partial charge in [0.25, 0.3) is 5.56 Å². The van der Waals surface area contributed by atoms with Gasteiger partial charge in [-0.2, -0.15) is 0 Å². The molecule has 1 saturated carbocycles. The molecule has 1 atom stereocenters. The second-order valence-electron chi connectivity index (χ2n) is 6.56. The molecule has 0 unspecified atom stereocenters. The fourth-order valence-corrected chi connectivity index (χ4v) is 4.25. The van der Waals surface area contributed by atoms with Crippen LogP contribution in [0.2, 0.25) is 0 Å². The van der Waals surface area contributed by atoms with Gasteiger partial charge in [-0.1, -0.05) is 24.6 Å². The molecule has 0 spiro atoms. The van der Waals surface area contributed by atoms with E-state index in [1.54, 1.807) is 14.0 Å². The zero-order valence-electron chi connectivity index (χ0n) is 15.3. The van der Waals surface area contributed by atoms with E-state index in [0.717, 1.165) is 42.0 Å². The number of methoxy groups -OCH3 is 1. The van der Waals surface area contributed by atoms with Crippen molar-refractivity contribution in [3.8, 4) is 0 Å². The molecule has 1 aliphatic carbocycles. The quantitative estimate of drug-likeness (QED) is 0.450. The fraction of sp³-hybridized carbons (Fsp3) is 0.588. The van der Waals surface area contributed by atoms with Crippen LogP contribution in [0.25, 0.3) is 11.0 Å². The molecule has 2 aromatic rings.